The summed E-state index contributed by atoms with van der Waals surface area (Å²) in [5.74, 6) is 0.854. The lowest BCUT2D eigenvalue weighted by atomic mass is 9.95. The molecule has 8 aromatic carbocycles. The van der Waals surface area contributed by atoms with Gasteiger partial charge in [-0.15, -0.1) is 0 Å². The van der Waals surface area contributed by atoms with Crippen LogP contribution in [0.3, 0.4) is 0 Å². The van der Waals surface area contributed by atoms with Gasteiger partial charge in [0.15, 0.2) is 0 Å². The Kier molecular flexibility index (Phi) is 6.36. The van der Waals surface area contributed by atoms with E-state index in [2.05, 4.69) is 168 Å². The minimum absolute atomic E-state index is 0.246. The molecular weight excluding hydrogens is 599 g/mol. The molecule has 2 atom stereocenters. The van der Waals surface area contributed by atoms with Crippen LogP contribution in [0.2, 0.25) is 0 Å². The van der Waals surface area contributed by atoms with E-state index >= 15 is 0 Å². The van der Waals surface area contributed by atoms with Crippen molar-refractivity contribution in [2.45, 2.75) is 12.3 Å². The molecule has 232 valence electrons. The second kappa shape index (κ2) is 11.2. The van der Waals surface area contributed by atoms with Crippen molar-refractivity contribution in [2.24, 2.45) is 4.99 Å². The van der Waals surface area contributed by atoms with E-state index in [4.69, 9.17) is 9.41 Å². The molecule has 1 aliphatic rings. The molecule has 4 heteroatoms. The van der Waals surface area contributed by atoms with E-state index in [0.717, 1.165) is 55.6 Å². The number of hydrogen-bond donors (Lipinski definition) is 2. The Morgan fingerprint density at radius 1 is 0.510 bits per heavy atom. The smallest absolute Gasteiger partial charge is 0.143 e. The van der Waals surface area contributed by atoms with Crippen LogP contribution in [0.4, 0.5) is 0 Å². The predicted molar refractivity (Wildman–Crippen MR) is 203 cm³/mol. The third kappa shape index (κ3) is 4.76. The Bertz CT molecular complexity index is 2760. The molecule has 2 N–H and O–H groups in total. The van der Waals surface area contributed by atoms with Crippen molar-refractivity contribution >= 4 is 60.1 Å². The number of aliphatic imine (C=N–C) groups is 1. The lowest BCUT2D eigenvalue weighted by Crippen LogP contribution is -2.45. The molecule has 0 saturated heterocycles. The van der Waals surface area contributed by atoms with Gasteiger partial charge in [-0.1, -0.05) is 140 Å². The third-order valence-corrected chi connectivity index (χ3v) is 9.91. The van der Waals surface area contributed by atoms with Crippen molar-refractivity contribution in [3.8, 4) is 11.1 Å². The van der Waals surface area contributed by atoms with Gasteiger partial charge in [0.1, 0.15) is 29.3 Å². The summed E-state index contributed by atoms with van der Waals surface area (Å²) in [5.41, 5.74) is 7.24. The molecule has 1 aliphatic heterocycles. The first-order chi connectivity index (χ1) is 24.2. The number of fused-ring (bicyclic) bond motifs is 6. The standard InChI is InChI=1S/C45H31N3O/c1-4-12-31-25-34(20-17-28(31)9-1)37-23-24-39(41-38-15-7-8-16-40(38)49-42(37)41)45-47-43(35-21-18-29-10-2-5-13-32(29)26-35)46-44(48-45)36-22-19-30-11-3-6-14-33(30)27-36/h1-27,43,45,47H,(H,46,48). The normalized spacial score (nSPS) is 16.4. The number of hydrogen-bond acceptors (Lipinski definition) is 4. The Labute approximate surface area is 283 Å². The van der Waals surface area contributed by atoms with Crippen LogP contribution in [0.15, 0.2) is 173 Å². The van der Waals surface area contributed by atoms with Crippen LogP contribution in [-0.4, -0.2) is 5.84 Å². The monoisotopic (exact) mass is 629 g/mol. The van der Waals surface area contributed by atoms with Gasteiger partial charge in [-0.2, -0.15) is 0 Å². The van der Waals surface area contributed by atoms with Crippen molar-refractivity contribution in [1.82, 2.24) is 10.6 Å². The van der Waals surface area contributed by atoms with Crippen LogP contribution in [-0.2, 0) is 0 Å². The number of nitrogens with zero attached hydrogens (tertiary/aromatic N) is 1. The van der Waals surface area contributed by atoms with Gasteiger partial charge in [-0.05, 0) is 67.7 Å². The zero-order valence-electron chi connectivity index (χ0n) is 26.6. The number of para-hydroxylation sites is 1. The maximum absolute atomic E-state index is 6.72. The number of amidine groups is 1. The molecule has 0 radical (unpaired) electrons. The van der Waals surface area contributed by atoms with Crippen molar-refractivity contribution < 1.29 is 4.42 Å². The average Bonchev–Trinajstić information content (AvgIpc) is 3.56. The first-order valence-corrected chi connectivity index (χ1v) is 16.8. The fourth-order valence-electron chi connectivity index (χ4n) is 7.43. The Morgan fingerprint density at radius 3 is 1.84 bits per heavy atom. The molecule has 49 heavy (non-hydrogen) atoms. The fraction of sp³-hybridized carbons (Fsp3) is 0.0444. The Balaban J connectivity index is 1.15. The highest BCUT2D eigenvalue weighted by atomic mass is 16.3. The molecule has 0 fully saturated rings. The van der Waals surface area contributed by atoms with Gasteiger partial charge in [0.25, 0.3) is 0 Å². The molecule has 2 unspecified atom stereocenters. The largest absolute Gasteiger partial charge is 0.455 e. The first-order valence-electron chi connectivity index (χ1n) is 16.8. The molecule has 2 heterocycles. The van der Waals surface area contributed by atoms with E-state index in [-0.39, 0.29) is 12.3 Å². The molecule has 0 amide bonds. The number of rotatable bonds is 4. The lowest BCUT2D eigenvalue weighted by molar-refractivity contribution is 0.411. The van der Waals surface area contributed by atoms with Gasteiger partial charge in [-0.3, -0.25) is 5.32 Å². The molecule has 1 aromatic heterocycles. The number of benzene rings is 8. The SMILES string of the molecule is c1ccc2cc(C3=NC(c4ccc5ccccc5c4)NC(c4ccc(-c5ccc6ccccc6c5)c5oc6ccccc6c45)N3)ccc2c1. The third-order valence-electron chi connectivity index (χ3n) is 9.91. The van der Waals surface area contributed by atoms with E-state index in [9.17, 15) is 0 Å². The van der Waals surface area contributed by atoms with E-state index in [0.29, 0.717) is 0 Å². The highest BCUT2D eigenvalue weighted by molar-refractivity contribution is 6.12. The predicted octanol–water partition coefficient (Wildman–Crippen LogP) is 11.0. The molecule has 9 aromatic rings. The summed E-state index contributed by atoms with van der Waals surface area (Å²) >= 11 is 0. The summed E-state index contributed by atoms with van der Waals surface area (Å²) in [6.07, 6.45) is -0.518. The van der Waals surface area contributed by atoms with Gasteiger partial charge in [0, 0.05) is 27.5 Å². The zero-order valence-corrected chi connectivity index (χ0v) is 26.6. The maximum atomic E-state index is 6.72. The fourth-order valence-corrected chi connectivity index (χ4v) is 7.43. The molecular formula is C45H31N3O. The van der Waals surface area contributed by atoms with Gasteiger partial charge in [0.2, 0.25) is 0 Å². The van der Waals surface area contributed by atoms with E-state index < -0.39 is 0 Å². The molecule has 0 spiro atoms. The van der Waals surface area contributed by atoms with E-state index in [1.54, 1.807) is 0 Å². The van der Waals surface area contributed by atoms with Crippen molar-refractivity contribution in [1.29, 1.82) is 0 Å². The summed E-state index contributed by atoms with van der Waals surface area (Å²) in [6.45, 7) is 0. The van der Waals surface area contributed by atoms with Gasteiger partial charge < -0.3 is 9.73 Å². The van der Waals surface area contributed by atoms with Crippen LogP contribution < -0.4 is 10.6 Å². The van der Waals surface area contributed by atoms with Gasteiger partial charge in [-0.25, -0.2) is 4.99 Å². The topological polar surface area (TPSA) is 49.6 Å². The summed E-state index contributed by atoms with van der Waals surface area (Å²) in [7, 11) is 0. The van der Waals surface area contributed by atoms with Crippen LogP contribution in [0.5, 0.6) is 0 Å². The second-order valence-corrected chi connectivity index (χ2v) is 12.9. The van der Waals surface area contributed by atoms with Crippen molar-refractivity contribution in [2.75, 3.05) is 0 Å². The average molecular weight is 630 g/mol. The Hall–Kier alpha value is -6.23. The van der Waals surface area contributed by atoms with Gasteiger partial charge >= 0.3 is 0 Å². The van der Waals surface area contributed by atoms with Crippen LogP contribution >= 0.6 is 0 Å². The Morgan fingerprint density at radius 2 is 1.10 bits per heavy atom. The molecule has 4 nitrogen and oxygen atoms in total. The highest BCUT2D eigenvalue weighted by Crippen LogP contribution is 2.41. The van der Waals surface area contributed by atoms with E-state index in [1.165, 1.54) is 32.3 Å². The van der Waals surface area contributed by atoms with Crippen molar-refractivity contribution in [3.05, 3.63) is 180 Å². The molecule has 0 aliphatic carbocycles. The molecule has 0 saturated carbocycles. The first kappa shape index (κ1) is 27.8. The summed E-state index contributed by atoms with van der Waals surface area (Å²) in [6, 6.07) is 58.1. The van der Waals surface area contributed by atoms with Crippen LogP contribution in [0.25, 0.3) is 65.4 Å². The van der Waals surface area contributed by atoms with E-state index in [1.807, 2.05) is 6.07 Å². The van der Waals surface area contributed by atoms with Crippen LogP contribution in [0.1, 0.15) is 29.0 Å². The second-order valence-electron chi connectivity index (χ2n) is 12.9. The summed E-state index contributed by atoms with van der Waals surface area (Å²) < 4.78 is 6.72. The minimum atomic E-state index is -0.272. The maximum Gasteiger partial charge on any atom is 0.143 e. The quantitative estimate of drug-likeness (QED) is 0.204. The molecule has 0 bridgehead atoms. The molecule has 10 rings (SSSR count). The zero-order chi connectivity index (χ0) is 32.3. The van der Waals surface area contributed by atoms with Gasteiger partial charge in [0.05, 0.1) is 0 Å². The lowest BCUT2D eigenvalue weighted by Gasteiger charge is -2.33. The van der Waals surface area contributed by atoms with Crippen LogP contribution in [0, 0.1) is 0 Å². The minimum Gasteiger partial charge on any atom is -0.455 e. The summed E-state index contributed by atoms with van der Waals surface area (Å²) in [4.78, 5) is 5.31. The van der Waals surface area contributed by atoms with Crippen molar-refractivity contribution in [3.63, 3.8) is 0 Å². The number of nitrogens with one attached hydrogen (secondary N) is 2. The number of furan rings is 1. The summed E-state index contributed by atoms with van der Waals surface area (Å²) in [5, 5.41) is 17.1. The highest BCUT2D eigenvalue weighted by Gasteiger charge is 2.29.